The lowest BCUT2D eigenvalue weighted by Crippen LogP contribution is -2.27. The summed E-state index contributed by atoms with van der Waals surface area (Å²) in [6.45, 7) is 1.57. The van der Waals surface area contributed by atoms with Crippen LogP contribution in [0.3, 0.4) is 0 Å². The fourth-order valence-electron chi connectivity index (χ4n) is 1.82. The molecule has 0 heterocycles. The molecule has 0 amide bonds. The summed E-state index contributed by atoms with van der Waals surface area (Å²) in [5, 5.41) is 9.15. The summed E-state index contributed by atoms with van der Waals surface area (Å²) >= 11 is 0. The van der Waals surface area contributed by atoms with Crippen LogP contribution in [0, 0.1) is 5.82 Å². The number of sulfonamides is 1. The molecule has 2 aromatic rings. The lowest BCUT2D eigenvalue weighted by molar-refractivity contribution is 0.474. The number of halogens is 1. The summed E-state index contributed by atoms with van der Waals surface area (Å²) in [4.78, 5) is 0.0125. The molecular weight excluding hydrogens is 281 g/mol. The molecule has 0 saturated heterocycles. The van der Waals surface area contributed by atoms with Gasteiger partial charge in [-0.25, -0.2) is 17.5 Å². The van der Waals surface area contributed by atoms with Crippen molar-refractivity contribution in [1.29, 1.82) is 0 Å². The molecule has 0 bridgehead atoms. The number of phenolic OH excluding ortho intramolecular Hbond substituents is 1. The monoisotopic (exact) mass is 295 g/mol. The van der Waals surface area contributed by atoms with Crippen molar-refractivity contribution in [3.05, 3.63) is 59.9 Å². The van der Waals surface area contributed by atoms with Gasteiger partial charge < -0.3 is 5.11 Å². The van der Waals surface area contributed by atoms with E-state index in [0.717, 1.165) is 0 Å². The average molecular weight is 295 g/mol. The zero-order chi connectivity index (χ0) is 14.8. The first-order chi connectivity index (χ1) is 9.40. The van der Waals surface area contributed by atoms with Gasteiger partial charge in [-0.05, 0) is 37.3 Å². The lowest BCUT2D eigenvalue weighted by Gasteiger charge is -2.15. The second-order valence-corrected chi connectivity index (χ2v) is 6.07. The summed E-state index contributed by atoms with van der Waals surface area (Å²) in [6, 6.07) is 10.4. The summed E-state index contributed by atoms with van der Waals surface area (Å²) in [6.07, 6.45) is 0. The molecule has 2 N–H and O–H groups in total. The molecule has 0 fully saturated rings. The van der Waals surface area contributed by atoms with E-state index in [1.807, 2.05) is 0 Å². The quantitative estimate of drug-likeness (QED) is 0.911. The van der Waals surface area contributed by atoms with Crippen molar-refractivity contribution in [2.75, 3.05) is 0 Å². The Kier molecular flexibility index (Phi) is 4.06. The Labute approximate surface area is 116 Å². The number of aromatic hydroxyl groups is 1. The number of phenols is 1. The molecular formula is C14H14FNO3S. The van der Waals surface area contributed by atoms with Gasteiger partial charge in [0.25, 0.3) is 0 Å². The van der Waals surface area contributed by atoms with E-state index in [9.17, 15) is 12.8 Å². The van der Waals surface area contributed by atoms with Crippen molar-refractivity contribution in [3.63, 3.8) is 0 Å². The predicted molar refractivity (Wildman–Crippen MR) is 73.2 cm³/mol. The van der Waals surface area contributed by atoms with Gasteiger partial charge in [-0.3, -0.25) is 0 Å². The van der Waals surface area contributed by atoms with Crippen molar-refractivity contribution in [3.8, 4) is 5.75 Å². The maximum absolute atomic E-state index is 13.6. The summed E-state index contributed by atoms with van der Waals surface area (Å²) in [5.74, 6) is -0.487. The summed E-state index contributed by atoms with van der Waals surface area (Å²) in [5.41, 5.74) is 0.273. The van der Waals surface area contributed by atoms with Crippen molar-refractivity contribution >= 4 is 10.0 Å². The van der Waals surface area contributed by atoms with Gasteiger partial charge in [0.1, 0.15) is 11.6 Å². The zero-order valence-electron chi connectivity index (χ0n) is 10.7. The number of rotatable bonds is 4. The highest BCUT2D eigenvalue weighted by Gasteiger charge is 2.19. The van der Waals surface area contributed by atoms with Crippen LogP contribution in [0.2, 0.25) is 0 Å². The van der Waals surface area contributed by atoms with Crippen LogP contribution in [0.5, 0.6) is 5.75 Å². The van der Waals surface area contributed by atoms with Crippen LogP contribution in [-0.2, 0) is 10.0 Å². The fourth-order valence-corrected chi connectivity index (χ4v) is 3.04. The van der Waals surface area contributed by atoms with E-state index >= 15 is 0 Å². The molecule has 6 heteroatoms. The third-order valence-corrected chi connectivity index (χ3v) is 4.41. The van der Waals surface area contributed by atoms with Crippen LogP contribution in [0.1, 0.15) is 18.5 Å². The Bertz CT molecular complexity index is 699. The van der Waals surface area contributed by atoms with E-state index in [-0.39, 0.29) is 16.2 Å². The Morgan fingerprint density at radius 1 is 1.10 bits per heavy atom. The van der Waals surface area contributed by atoms with Crippen molar-refractivity contribution in [2.45, 2.75) is 17.9 Å². The normalized spacial score (nSPS) is 13.1. The molecule has 0 radical (unpaired) electrons. The first-order valence-electron chi connectivity index (χ1n) is 5.96. The van der Waals surface area contributed by atoms with Gasteiger partial charge in [0.05, 0.1) is 4.90 Å². The molecule has 0 aliphatic carbocycles. The molecule has 2 aromatic carbocycles. The van der Waals surface area contributed by atoms with Crippen molar-refractivity contribution in [1.82, 2.24) is 4.72 Å². The van der Waals surface area contributed by atoms with E-state index in [2.05, 4.69) is 4.72 Å². The van der Waals surface area contributed by atoms with Crippen molar-refractivity contribution < 1.29 is 17.9 Å². The minimum Gasteiger partial charge on any atom is -0.508 e. The largest absolute Gasteiger partial charge is 0.508 e. The third kappa shape index (κ3) is 3.15. The van der Waals surface area contributed by atoms with Crippen LogP contribution >= 0.6 is 0 Å². The van der Waals surface area contributed by atoms with E-state index in [4.69, 9.17) is 5.11 Å². The molecule has 1 atom stereocenters. The minimum atomic E-state index is -3.77. The SMILES string of the molecule is CC(NS(=O)(=O)c1ccc(O)cc1)c1ccccc1F. The Hall–Kier alpha value is -1.92. The fraction of sp³-hybridized carbons (Fsp3) is 0.143. The average Bonchev–Trinajstić information content (AvgIpc) is 2.39. The van der Waals surface area contributed by atoms with Gasteiger partial charge in [0.2, 0.25) is 10.0 Å². The number of hydrogen-bond acceptors (Lipinski definition) is 3. The summed E-state index contributed by atoms with van der Waals surface area (Å²) in [7, 11) is -3.77. The van der Waals surface area contributed by atoms with Crippen LogP contribution < -0.4 is 4.72 Å². The zero-order valence-corrected chi connectivity index (χ0v) is 11.6. The topological polar surface area (TPSA) is 66.4 Å². The van der Waals surface area contributed by atoms with Gasteiger partial charge in [0, 0.05) is 11.6 Å². The molecule has 0 saturated carbocycles. The second kappa shape index (κ2) is 5.60. The smallest absolute Gasteiger partial charge is 0.241 e. The second-order valence-electron chi connectivity index (χ2n) is 4.36. The minimum absolute atomic E-state index is 0.0125. The van der Waals surface area contributed by atoms with Gasteiger partial charge in [-0.15, -0.1) is 0 Å². The highest BCUT2D eigenvalue weighted by atomic mass is 32.2. The van der Waals surface area contributed by atoms with E-state index in [0.29, 0.717) is 0 Å². The van der Waals surface area contributed by atoms with Crippen LogP contribution in [0.4, 0.5) is 4.39 Å². The molecule has 106 valence electrons. The predicted octanol–water partition coefficient (Wildman–Crippen LogP) is 2.57. The maximum atomic E-state index is 13.6. The van der Waals surface area contributed by atoms with E-state index < -0.39 is 21.9 Å². The van der Waals surface area contributed by atoms with Gasteiger partial charge in [-0.2, -0.15) is 0 Å². The molecule has 0 aliphatic heterocycles. The van der Waals surface area contributed by atoms with E-state index in [1.165, 1.54) is 36.4 Å². The van der Waals surface area contributed by atoms with Crippen LogP contribution in [-0.4, -0.2) is 13.5 Å². The number of benzene rings is 2. The van der Waals surface area contributed by atoms with Crippen molar-refractivity contribution in [2.24, 2.45) is 0 Å². The maximum Gasteiger partial charge on any atom is 0.241 e. The first kappa shape index (κ1) is 14.5. The Balaban J connectivity index is 2.24. The molecule has 20 heavy (non-hydrogen) atoms. The van der Waals surface area contributed by atoms with E-state index in [1.54, 1.807) is 19.1 Å². The van der Waals surface area contributed by atoms with Crippen LogP contribution in [0.25, 0.3) is 0 Å². The number of hydrogen-bond donors (Lipinski definition) is 2. The molecule has 2 rings (SSSR count). The van der Waals surface area contributed by atoms with Crippen LogP contribution in [0.15, 0.2) is 53.4 Å². The molecule has 0 aromatic heterocycles. The highest BCUT2D eigenvalue weighted by molar-refractivity contribution is 7.89. The summed E-state index contributed by atoms with van der Waals surface area (Å²) < 4.78 is 40.2. The lowest BCUT2D eigenvalue weighted by atomic mass is 10.1. The standard InChI is InChI=1S/C14H14FNO3S/c1-10(13-4-2-3-5-14(13)15)16-20(18,19)12-8-6-11(17)7-9-12/h2-10,16-17H,1H3. The molecule has 4 nitrogen and oxygen atoms in total. The van der Waals surface area contributed by atoms with Gasteiger partial charge >= 0.3 is 0 Å². The van der Waals surface area contributed by atoms with Gasteiger partial charge in [-0.1, -0.05) is 18.2 Å². The molecule has 0 aliphatic rings. The van der Waals surface area contributed by atoms with Gasteiger partial charge in [0.15, 0.2) is 0 Å². The molecule has 1 unspecified atom stereocenters. The molecule has 0 spiro atoms. The Morgan fingerprint density at radius 2 is 1.70 bits per heavy atom. The number of nitrogens with one attached hydrogen (secondary N) is 1. The highest BCUT2D eigenvalue weighted by Crippen LogP contribution is 2.20. The Morgan fingerprint density at radius 3 is 2.30 bits per heavy atom. The third-order valence-electron chi connectivity index (χ3n) is 2.85. The first-order valence-corrected chi connectivity index (χ1v) is 7.44.